The molecule has 0 N–H and O–H groups in total. The lowest BCUT2D eigenvalue weighted by Crippen LogP contribution is -2.28. The molecular weight excluding hydrogens is 160 g/mol. The minimum Gasteiger partial charge on any atom is -0.0937 e. The molecule has 0 unspecified atom stereocenters. The van der Waals surface area contributed by atoms with Gasteiger partial charge in [0, 0.05) is 0 Å². The molecule has 60 valence electrons. The smallest absolute Gasteiger partial charge is 0.0781 e. The van der Waals surface area contributed by atoms with Crippen molar-refractivity contribution in [3.8, 4) is 0 Å². The lowest BCUT2D eigenvalue weighted by molar-refractivity contribution is 1.19. The van der Waals surface area contributed by atoms with Crippen LogP contribution in [0.15, 0.2) is 11.2 Å². The molecule has 0 aromatic carbocycles. The lowest BCUT2D eigenvalue weighted by atomic mass is 10.9. The number of rotatable bonds is 4. The van der Waals surface area contributed by atoms with Gasteiger partial charge in [-0.2, -0.15) is 0 Å². The third-order valence-corrected chi connectivity index (χ3v) is 7.96. The number of hydrogen-bond donors (Lipinski definition) is 0. The first-order valence-corrected chi connectivity index (χ1v) is 7.16. The Kier molecular flexibility index (Phi) is 5.09. The van der Waals surface area contributed by atoms with Gasteiger partial charge in [0.2, 0.25) is 0 Å². The van der Waals surface area contributed by atoms with E-state index in [1.54, 1.807) is 5.54 Å². The Bertz CT molecular complexity index is 97.6. The predicted octanol–water partition coefficient (Wildman–Crippen LogP) is 3.79. The van der Waals surface area contributed by atoms with Crippen molar-refractivity contribution in [2.75, 3.05) is 0 Å². The molecule has 0 aromatic rings. The summed E-state index contributed by atoms with van der Waals surface area (Å²) in [6.45, 7) is 6.82. The first-order valence-electron chi connectivity index (χ1n) is 4.02. The fraction of sp³-hybridized carbons (Fsp3) is 0.750. The van der Waals surface area contributed by atoms with Gasteiger partial charge in [0.25, 0.3) is 0 Å². The monoisotopic (exact) mass is 176 g/mol. The van der Waals surface area contributed by atoms with E-state index in [4.69, 9.17) is 11.6 Å². The van der Waals surface area contributed by atoms with Crippen LogP contribution in [0.2, 0.25) is 18.1 Å². The molecule has 10 heavy (non-hydrogen) atoms. The largest absolute Gasteiger partial charge is 0.0937 e. The molecule has 0 radical (unpaired) electrons. The van der Waals surface area contributed by atoms with Crippen LogP contribution in [0.1, 0.15) is 20.8 Å². The highest BCUT2D eigenvalue weighted by molar-refractivity contribution is 6.84. The van der Waals surface area contributed by atoms with Gasteiger partial charge in [-0.25, -0.2) is 0 Å². The van der Waals surface area contributed by atoms with Crippen LogP contribution in [0.5, 0.6) is 0 Å². The van der Waals surface area contributed by atoms with Crippen LogP contribution in [-0.4, -0.2) is 8.07 Å². The summed E-state index contributed by atoms with van der Waals surface area (Å²) in [5.74, 6) is 0. The molecule has 0 saturated carbocycles. The Hall–Kier alpha value is 0.247. The van der Waals surface area contributed by atoms with Crippen LogP contribution < -0.4 is 0 Å². The van der Waals surface area contributed by atoms with Crippen LogP contribution >= 0.6 is 11.6 Å². The van der Waals surface area contributed by atoms with Gasteiger partial charge < -0.3 is 0 Å². The molecule has 2 heteroatoms. The molecule has 0 spiro atoms. The zero-order valence-electron chi connectivity index (χ0n) is 7.15. The van der Waals surface area contributed by atoms with Gasteiger partial charge in [-0.3, -0.25) is 0 Å². The molecule has 0 bridgehead atoms. The summed E-state index contributed by atoms with van der Waals surface area (Å²) in [4.78, 5) is 0. The molecule has 0 rings (SSSR count). The molecule has 0 aliphatic rings. The molecule has 0 atom stereocenters. The number of halogens is 1. The first-order chi connectivity index (χ1) is 4.74. The van der Waals surface area contributed by atoms with E-state index in [1.807, 2.05) is 0 Å². The van der Waals surface area contributed by atoms with Crippen molar-refractivity contribution in [3.05, 3.63) is 11.2 Å². The van der Waals surface area contributed by atoms with E-state index in [-0.39, 0.29) is 0 Å². The Balaban J connectivity index is 4.15. The summed E-state index contributed by atoms with van der Waals surface area (Å²) in [6, 6.07) is 3.97. The minimum absolute atomic E-state index is 1.03. The molecule has 0 saturated heterocycles. The van der Waals surface area contributed by atoms with Gasteiger partial charge in [-0.15, -0.1) is 0 Å². The first kappa shape index (κ1) is 10.2. The van der Waals surface area contributed by atoms with E-state index in [0.29, 0.717) is 0 Å². The van der Waals surface area contributed by atoms with Gasteiger partial charge in [-0.05, 0) is 5.54 Å². The summed E-state index contributed by atoms with van der Waals surface area (Å²) in [5, 5.41) is 0. The van der Waals surface area contributed by atoms with E-state index >= 15 is 0 Å². The van der Waals surface area contributed by atoms with Crippen molar-refractivity contribution >= 4 is 19.7 Å². The highest BCUT2D eigenvalue weighted by Gasteiger charge is 2.22. The van der Waals surface area contributed by atoms with Crippen molar-refractivity contribution in [3.63, 3.8) is 0 Å². The van der Waals surface area contributed by atoms with Crippen LogP contribution in [0.3, 0.4) is 0 Å². The topological polar surface area (TPSA) is 0 Å². The maximum Gasteiger partial charge on any atom is 0.0781 e. The molecule has 0 nitrogen and oxygen atoms in total. The molecule has 0 fully saturated rings. The zero-order valence-corrected chi connectivity index (χ0v) is 8.91. The van der Waals surface area contributed by atoms with Crippen LogP contribution in [0.4, 0.5) is 0 Å². The van der Waals surface area contributed by atoms with E-state index in [9.17, 15) is 0 Å². The molecule has 0 aromatic heterocycles. The molecule has 0 heterocycles. The number of hydrogen-bond acceptors (Lipinski definition) is 0. The summed E-state index contributed by atoms with van der Waals surface area (Å²) in [6.07, 6.45) is 0. The fourth-order valence-electron chi connectivity index (χ4n) is 1.24. The minimum atomic E-state index is -1.03. The summed E-state index contributed by atoms with van der Waals surface area (Å²) < 4.78 is 0. The van der Waals surface area contributed by atoms with Gasteiger partial charge in [-0.1, -0.05) is 56.2 Å². The van der Waals surface area contributed by atoms with Crippen molar-refractivity contribution < 1.29 is 0 Å². The normalized spacial score (nSPS) is 12.8. The maximum atomic E-state index is 5.58. The van der Waals surface area contributed by atoms with Gasteiger partial charge in [0.05, 0.1) is 8.07 Å². The fourth-order valence-corrected chi connectivity index (χ4v) is 4.51. The SMILES string of the molecule is CC[Si](/C=C\Cl)(CC)CC. The predicted molar refractivity (Wildman–Crippen MR) is 52.2 cm³/mol. The van der Waals surface area contributed by atoms with Crippen molar-refractivity contribution in [1.82, 2.24) is 0 Å². The second kappa shape index (κ2) is 4.97. The lowest BCUT2D eigenvalue weighted by Gasteiger charge is -2.22. The van der Waals surface area contributed by atoms with E-state index in [0.717, 1.165) is 0 Å². The Morgan fingerprint density at radius 3 is 1.60 bits per heavy atom. The molecule has 0 amide bonds. The van der Waals surface area contributed by atoms with Crippen molar-refractivity contribution in [1.29, 1.82) is 0 Å². The maximum absolute atomic E-state index is 5.58. The standard InChI is InChI=1S/C8H17ClSi/c1-4-10(5-2,6-3)8-7-9/h7-8H,4-6H2,1-3H3/b8-7-. The Morgan fingerprint density at radius 2 is 1.50 bits per heavy atom. The van der Waals surface area contributed by atoms with Crippen molar-refractivity contribution in [2.24, 2.45) is 0 Å². The van der Waals surface area contributed by atoms with Crippen molar-refractivity contribution in [2.45, 2.75) is 38.9 Å². The third-order valence-electron chi connectivity index (χ3n) is 2.53. The van der Waals surface area contributed by atoms with Gasteiger partial charge in [0.15, 0.2) is 0 Å². The molecular formula is C8H17ClSi. The average molecular weight is 177 g/mol. The highest BCUT2D eigenvalue weighted by Crippen LogP contribution is 2.21. The van der Waals surface area contributed by atoms with Gasteiger partial charge in [0.1, 0.15) is 0 Å². The third kappa shape index (κ3) is 2.47. The van der Waals surface area contributed by atoms with E-state index in [2.05, 4.69) is 26.5 Å². The van der Waals surface area contributed by atoms with Crippen LogP contribution in [0.25, 0.3) is 0 Å². The quantitative estimate of drug-likeness (QED) is 0.572. The summed E-state index contributed by atoms with van der Waals surface area (Å²) in [7, 11) is -1.03. The zero-order chi connectivity index (χ0) is 8.04. The van der Waals surface area contributed by atoms with Gasteiger partial charge >= 0.3 is 0 Å². The van der Waals surface area contributed by atoms with Crippen LogP contribution in [-0.2, 0) is 0 Å². The summed E-state index contributed by atoms with van der Waals surface area (Å²) >= 11 is 5.58. The second-order valence-corrected chi connectivity index (χ2v) is 8.15. The highest BCUT2D eigenvalue weighted by atomic mass is 35.5. The van der Waals surface area contributed by atoms with Crippen LogP contribution in [0, 0.1) is 0 Å². The van der Waals surface area contributed by atoms with E-state index < -0.39 is 8.07 Å². The Labute approximate surface area is 70.3 Å². The van der Waals surface area contributed by atoms with E-state index in [1.165, 1.54) is 18.1 Å². The molecule has 0 aliphatic heterocycles. The Morgan fingerprint density at radius 1 is 1.10 bits per heavy atom. The molecule has 0 aliphatic carbocycles. The average Bonchev–Trinajstić information content (AvgIpc) is 2.01. The second-order valence-electron chi connectivity index (χ2n) is 2.72. The summed E-state index contributed by atoms with van der Waals surface area (Å²) in [5.41, 5.74) is 3.97.